The van der Waals surface area contributed by atoms with Crippen LogP contribution in [-0.2, 0) is 16.6 Å². The van der Waals surface area contributed by atoms with Gasteiger partial charge in [0.05, 0.1) is 4.90 Å². The first-order valence-electron chi connectivity index (χ1n) is 6.26. The number of sulfonamides is 1. The molecule has 3 N–H and O–H groups in total. The van der Waals surface area contributed by atoms with Crippen molar-refractivity contribution in [3.8, 4) is 0 Å². The third-order valence-corrected chi connectivity index (χ3v) is 5.15. The molecule has 0 amide bonds. The maximum Gasteiger partial charge on any atom is 0.241 e. The van der Waals surface area contributed by atoms with Gasteiger partial charge < -0.3 is 5.73 Å². The molecule has 1 aliphatic carbocycles. The Bertz CT molecular complexity index is 536. The Morgan fingerprint density at radius 3 is 2.61 bits per heavy atom. The average Bonchev–Trinajstić information content (AvgIpc) is 3.11. The fraction of sp³-hybridized carbons (Fsp3) is 0.538. The highest BCUT2D eigenvalue weighted by Gasteiger charge is 2.31. The van der Waals surface area contributed by atoms with Gasteiger partial charge in [0.15, 0.2) is 0 Å². The fourth-order valence-electron chi connectivity index (χ4n) is 2.14. The first kappa shape index (κ1) is 13.5. The van der Waals surface area contributed by atoms with Crippen LogP contribution in [0.15, 0.2) is 23.1 Å². The maximum absolute atomic E-state index is 12.3. The second-order valence-corrected chi connectivity index (χ2v) is 6.73. The molecule has 0 radical (unpaired) electrons. The first-order valence-corrected chi connectivity index (χ1v) is 7.74. The van der Waals surface area contributed by atoms with E-state index >= 15 is 0 Å². The van der Waals surface area contributed by atoms with Crippen LogP contribution >= 0.6 is 0 Å². The van der Waals surface area contributed by atoms with Crippen LogP contribution in [0.5, 0.6) is 0 Å². The quantitative estimate of drug-likeness (QED) is 0.850. The number of hydrogen-bond donors (Lipinski definition) is 2. The van der Waals surface area contributed by atoms with Crippen LogP contribution in [-0.4, -0.2) is 14.5 Å². The lowest BCUT2D eigenvalue weighted by molar-refractivity contribution is 0.537. The van der Waals surface area contributed by atoms with Crippen molar-refractivity contribution in [3.63, 3.8) is 0 Å². The van der Waals surface area contributed by atoms with Gasteiger partial charge in [-0.3, -0.25) is 0 Å². The molecule has 1 atom stereocenters. The summed E-state index contributed by atoms with van der Waals surface area (Å²) in [6.07, 6.45) is 2.24. The molecule has 0 aliphatic heterocycles. The van der Waals surface area contributed by atoms with Crippen LogP contribution in [0, 0.1) is 12.8 Å². The zero-order chi connectivity index (χ0) is 13.3. The van der Waals surface area contributed by atoms with Crippen molar-refractivity contribution < 1.29 is 8.42 Å². The molecule has 5 heteroatoms. The average molecular weight is 268 g/mol. The molecule has 0 saturated heterocycles. The fourth-order valence-corrected chi connectivity index (χ4v) is 3.68. The van der Waals surface area contributed by atoms with Gasteiger partial charge in [-0.05, 0) is 49.8 Å². The molecule has 0 aromatic heterocycles. The summed E-state index contributed by atoms with van der Waals surface area (Å²) < 4.78 is 27.3. The molecule has 100 valence electrons. The van der Waals surface area contributed by atoms with E-state index in [1.807, 2.05) is 13.0 Å². The van der Waals surface area contributed by atoms with Gasteiger partial charge in [-0.25, -0.2) is 13.1 Å². The molecule has 4 nitrogen and oxygen atoms in total. The molecular weight excluding hydrogens is 248 g/mol. The van der Waals surface area contributed by atoms with Crippen molar-refractivity contribution in [1.82, 2.24) is 4.72 Å². The predicted octanol–water partition coefficient (Wildman–Crippen LogP) is 1.53. The maximum atomic E-state index is 12.3. The monoisotopic (exact) mass is 268 g/mol. The van der Waals surface area contributed by atoms with E-state index in [0.717, 1.165) is 24.0 Å². The lowest BCUT2D eigenvalue weighted by Gasteiger charge is -2.15. The Morgan fingerprint density at radius 1 is 1.44 bits per heavy atom. The zero-order valence-corrected chi connectivity index (χ0v) is 11.6. The summed E-state index contributed by atoms with van der Waals surface area (Å²) >= 11 is 0. The van der Waals surface area contributed by atoms with Gasteiger partial charge in [-0.1, -0.05) is 12.1 Å². The lowest BCUT2D eigenvalue weighted by atomic mass is 10.1. The Hall–Kier alpha value is -0.910. The lowest BCUT2D eigenvalue weighted by Crippen LogP contribution is -2.34. The summed E-state index contributed by atoms with van der Waals surface area (Å²) in [4.78, 5) is 0.354. The second kappa shape index (κ2) is 4.99. The first-order chi connectivity index (χ1) is 8.44. The predicted molar refractivity (Wildman–Crippen MR) is 71.6 cm³/mol. The van der Waals surface area contributed by atoms with E-state index in [1.54, 1.807) is 19.1 Å². The van der Waals surface area contributed by atoms with Gasteiger partial charge in [0.25, 0.3) is 0 Å². The van der Waals surface area contributed by atoms with Crippen molar-refractivity contribution >= 4 is 10.0 Å². The summed E-state index contributed by atoms with van der Waals surface area (Å²) in [5.74, 6) is 0.503. The van der Waals surface area contributed by atoms with Gasteiger partial charge in [-0.15, -0.1) is 0 Å². The largest absolute Gasteiger partial charge is 0.326 e. The Kier molecular flexibility index (Phi) is 3.75. The van der Waals surface area contributed by atoms with Gasteiger partial charge in [0.1, 0.15) is 0 Å². The highest BCUT2D eigenvalue weighted by molar-refractivity contribution is 7.89. The summed E-state index contributed by atoms with van der Waals surface area (Å²) in [5, 5.41) is 0. The number of benzene rings is 1. The van der Waals surface area contributed by atoms with Gasteiger partial charge >= 0.3 is 0 Å². The van der Waals surface area contributed by atoms with E-state index in [9.17, 15) is 8.42 Å². The second-order valence-electron chi connectivity index (χ2n) is 5.05. The van der Waals surface area contributed by atoms with E-state index in [1.165, 1.54) is 0 Å². The molecule has 1 aliphatic rings. The topological polar surface area (TPSA) is 72.2 Å². The van der Waals surface area contributed by atoms with Crippen LogP contribution in [0.3, 0.4) is 0 Å². The molecule has 1 fully saturated rings. The summed E-state index contributed by atoms with van der Waals surface area (Å²) in [7, 11) is -3.41. The number of aryl methyl sites for hydroxylation is 1. The smallest absolute Gasteiger partial charge is 0.241 e. The molecule has 1 aromatic carbocycles. The number of hydrogen-bond acceptors (Lipinski definition) is 3. The van der Waals surface area contributed by atoms with E-state index in [2.05, 4.69) is 4.72 Å². The Labute approximate surface area is 109 Å². The molecule has 0 bridgehead atoms. The highest BCUT2D eigenvalue weighted by Crippen LogP contribution is 2.33. The minimum absolute atomic E-state index is 0.0172. The third kappa shape index (κ3) is 2.91. The van der Waals surface area contributed by atoms with Crippen molar-refractivity contribution in [3.05, 3.63) is 29.3 Å². The van der Waals surface area contributed by atoms with Gasteiger partial charge in [0.2, 0.25) is 10.0 Å². The van der Waals surface area contributed by atoms with Crippen LogP contribution in [0.4, 0.5) is 0 Å². The Morgan fingerprint density at radius 2 is 2.11 bits per heavy atom. The van der Waals surface area contributed by atoms with Crippen molar-refractivity contribution in [2.45, 2.75) is 44.2 Å². The highest BCUT2D eigenvalue weighted by atomic mass is 32.2. The van der Waals surface area contributed by atoms with Crippen LogP contribution < -0.4 is 10.5 Å². The molecule has 2 rings (SSSR count). The molecule has 1 saturated carbocycles. The molecule has 0 heterocycles. The molecule has 1 unspecified atom stereocenters. The van der Waals surface area contributed by atoms with Gasteiger partial charge in [0, 0.05) is 12.6 Å². The summed E-state index contributed by atoms with van der Waals surface area (Å²) in [5.41, 5.74) is 7.23. The van der Waals surface area contributed by atoms with Crippen molar-refractivity contribution in [2.24, 2.45) is 11.7 Å². The van der Waals surface area contributed by atoms with Crippen LogP contribution in [0.1, 0.15) is 30.9 Å². The van der Waals surface area contributed by atoms with E-state index in [-0.39, 0.29) is 6.04 Å². The minimum Gasteiger partial charge on any atom is -0.326 e. The summed E-state index contributed by atoms with van der Waals surface area (Å²) in [6.45, 7) is 4.15. The van der Waals surface area contributed by atoms with E-state index in [4.69, 9.17) is 5.73 Å². The normalized spacial score (nSPS) is 17.7. The third-order valence-electron chi connectivity index (χ3n) is 3.43. The molecule has 0 spiro atoms. The summed E-state index contributed by atoms with van der Waals surface area (Å²) in [6, 6.07) is 5.25. The van der Waals surface area contributed by atoms with E-state index in [0.29, 0.717) is 17.4 Å². The molecule has 1 aromatic rings. The van der Waals surface area contributed by atoms with Crippen molar-refractivity contribution in [1.29, 1.82) is 0 Å². The Balaban J connectivity index is 2.23. The van der Waals surface area contributed by atoms with E-state index < -0.39 is 10.0 Å². The zero-order valence-electron chi connectivity index (χ0n) is 10.8. The number of nitrogens with one attached hydrogen (secondary N) is 1. The standard InChI is InChI=1S/C13H20N2O2S/c1-9-7-11(8-14)3-6-13(9)18(16,17)15-10(2)12-4-5-12/h3,6-7,10,12,15H,4-5,8,14H2,1-2H3. The minimum atomic E-state index is -3.41. The number of nitrogens with two attached hydrogens (primary N) is 1. The molecule has 18 heavy (non-hydrogen) atoms. The SMILES string of the molecule is Cc1cc(CN)ccc1S(=O)(=O)NC(C)C1CC1. The van der Waals surface area contributed by atoms with Crippen LogP contribution in [0.25, 0.3) is 0 Å². The van der Waals surface area contributed by atoms with Gasteiger partial charge in [-0.2, -0.15) is 0 Å². The number of rotatable bonds is 5. The van der Waals surface area contributed by atoms with Crippen LogP contribution in [0.2, 0.25) is 0 Å². The van der Waals surface area contributed by atoms with Crippen molar-refractivity contribution in [2.75, 3.05) is 0 Å². The molecular formula is C13H20N2O2S.